The molecule has 0 fully saturated rings. The lowest BCUT2D eigenvalue weighted by Gasteiger charge is -2.17. The second kappa shape index (κ2) is 6.31. The molecule has 0 aliphatic carbocycles. The molecule has 18 heavy (non-hydrogen) atoms. The zero-order valence-electron chi connectivity index (χ0n) is 10.1. The van der Waals surface area contributed by atoms with E-state index >= 15 is 0 Å². The van der Waals surface area contributed by atoms with Gasteiger partial charge in [-0.25, -0.2) is 0 Å². The Morgan fingerprint density at radius 3 is 2.89 bits per heavy atom. The van der Waals surface area contributed by atoms with Gasteiger partial charge in [0, 0.05) is 4.47 Å². The highest BCUT2D eigenvalue weighted by molar-refractivity contribution is 9.10. The highest BCUT2D eigenvalue weighted by Gasteiger charge is 2.16. The molecule has 2 aromatic heterocycles. The van der Waals surface area contributed by atoms with Crippen LogP contribution in [-0.4, -0.2) is 23.8 Å². The van der Waals surface area contributed by atoms with Crippen molar-refractivity contribution in [3.8, 4) is 0 Å². The summed E-state index contributed by atoms with van der Waals surface area (Å²) in [6.07, 6.45) is 1.65. The molecule has 0 radical (unpaired) electrons. The van der Waals surface area contributed by atoms with E-state index in [1.807, 2.05) is 30.5 Å². The van der Waals surface area contributed by atoms with E-state index in [4.69, 9.17) is 4.42 Å². The van der Waals surface area contributed by atoms with Crippen molar-refractivity contribution in [2.75, 3.05) is 13.1 Å². The molecule has 5 heteroatoms. The fourth-order valence-electron chi connectivity index (χ4n) is 1.67. The second-order valence-corrected chi connectivity index (χ2v) is 5.67. The number of carbonyl (C=O) groups is 1. The molecule has 0 spiro atoms. The number of Topliss-reactive ketones (excluding diaryl/α,β-unsaturated/α-hetero) is 1. The van der Waals surface area contributed by atoms with Crippen molar-refractivity contribution in [2.24, 2.45) is 0 Å². The fraction of sp³-hybridized carbons (Fsp3) is 0.308. The summed E-state index contributed by atoms with van der Waals surface area (Å²) in [5.74, 6) is 1.03. The van der Waals surface area contributed by atoms with Crippen LogP contribution in [0.2, 0.25) is 0 Å². The van der Waals surface area contributed by atoms with Crippen LogP contribution in [-0.2, 0) is 6.54 Å². The summed E-state index contributed by atoms with van der Waals surface area (Å²) < 4.78 is 6.18. The number of hydrogen-bond acceptors (Lipinski definition) is 4. The molecule has 0 aromatic carbocycles. The molecule has 0 aliphatic heterocycles. The molecule has 0 atom stereocenters. The molecule has 0 saturated carbocycles. The molecule has 0 amide bonds. The number of ketones is 1. The molecule has 3 nitrogen and oxygen atoms in total. The summed E-state index contributed by atoms with van der Waals surface area (Å²) in [6, 6.07) is 5.69. The van der Waals surface area contributed by atoms with Crippen LogP contribution in [0.3, 0.4) is 0 Å². The van der Waals surface area contributed by atoms with Crippen molar-refractivity contribution in [1.29, 1.82) is 0 Å². The molecule has 2 aromatic rings. The first-order chi connectivity index (χ1) is 8.70. The van der Waals surface area contributed by atoms with Crippen LogP contribution in [0, 0.1) is 0 Å². The molecular weight excluding hydrogens is 314 g/mol. The summed E-state index contributed by atoms with van der Waals surface area (Å²) in [7, 11) is 0. The van der Waals surface area contributed by atoms with Gasteiger partial charge in [0.2, 0.25) is 0 Å². The highest BCUT2D eigenvalue weighted by atomic mass is 79.9. The Bertz CT molecular complexity index is 507. The van der Waals surface area contributed by atoms with Crippen LogP contribution in [0.15, 0.2) is 38.7 Å². The lowest BCUT2D eigenvalue weighted by atomic mass is 10.3. The average Bonchev–Trinajstić information content (AvgIpc) is 2.99. The van der Waals surface area contributed by atoms with Gasteiger partial charge in [-0.15, -0.1) is 11.3 Å². The number of likely N-dealkylation sites (N-methyl/N-ethyl adjacent to an activating group) is 1. The van der Waals surface area contributed by atoms with Crippen LogP contribution >= 0.6 is 27.3 Å². The van der Waals surface area contributed by atoms with Gasteiger partial charge in [0.1, 0.15) is 5.76 Å². The molecule has 0 bridgehead atoms. The van der Waals surface area contributed by atoms with Crippen molar-refractivity contribution in [2.45, 2.75) is 13.5 Å². The van der Waals surface area contributed by atoms with Gasteiger partial charge in [0.15, 0.2) is 5.78 Å². The maximum absolute atomic E-state index is 12.1. The monoisotopic (exact) mass is 327 g/mol. The third-order valence-electron chi connectivity index (χ3n) is 2.64. The first-order valence-electron chi connectivity index (χ1n) is 5.71. The number of halogens is 1. The Labute approximate surface area is 119 Å². The van der Waals surface area contributed by atoms with Crippen LogP contribution in [0.25, 0.3) is 0 Å². The van der Waals surface area contributed by atoms with E-state index in [1.165, 1.54) is 11.3 Å². The molecule has 0 unspecified atom stereocenters. The minimum atomic E-state index is 0.144. The van der Waals surface area contributed by atoms with Crippen molar-refractivity contribution in [3.63, 3.8) is 0 Å². The van der Waals surface area contributed by atoms with Gasteiger partial charge >= 0.3 is 0 Å². The van der Waals surface area contributed by atoms with E-state index in [-0.39, 0.29) is 5.78 Å². The maximum atomic E-state index is 12.1. The number of nitrogens with zero attached hydrogens (tertiary/aromatic N) is 1. The summed E-state index contributed by atoms with van der Waals surface area (Å²) >= 11 is 4.86. The summed E-state index contributed by atoms with van der Waals surface area (Å²) in [5, 5.41) is 1.92. The summed E-state index contributed by atoms with van der Waals surface area (Å²) in [4.78, 5) is 15.0. The molecule has 0 aliphatic rings. The van der Waals surface area contributed by atoms with Gasteiger partial charge in [0.25, 0.3) is 0 Å². The number of carbonyl (C=O) groups excluding carboxylic acids is 1. The van der Waals surface area contributed by atoms with Gasteiger partial charge in [-0.05, 0) is 46.1 Å². The zero-order chi connectivity index (χ0) is 13.0. The van der Waals surface area contributed by atoms with E-state index in [2.05, 4.69) is 20.8 Å². The molecule has 2 heterocycles. The van der Waals surface area contributed by atoms with Crippen molar-refractivity contribution < 1.29 is 9.21 Å². The molecule has 0 saturated heterocycles. The normalized spacial score (nSPS) is 11.1. The van der Waals surface area contributed by atoms with Gasteiger partial charge < -0.3 is 4.42 Å². The number of rotatable bonds is 6. The third kappa shape index (κ3) is 3.31. The minimum absolute atomic E-state index is 0.144. The maximum Gasteiger partial charge on any atom is 0.187 e. The van der Waals surface area contributed by atoms with E-state index in [0.29, 0.717) is 13.1 Å². The van der Waals surface area contributed by atoms with Crippen LogP contribution in [0.5, 0.6) is 0 Å². The Hall–Kier alpha value is -0.910. The van der Waals surface area contributed by atoms with E-state index < -0.39 is 0 Å². The van der Waals surface area contributed by atoms with E-state index in [9.17, 15) is 4.79 Å². The largest absolute Gasteiger partial charge is 0.468 e. The number of hydrogen-bond donors (Lipinski definition) is 0. The molecule has 96 valence electrons. The van der Waals surface area contributed by atoms with Gasteiger partial charge in [-0.3, -0.25) is 9.69 Å². The Morgan fingerprint density at radius 2 is 2.33 bits per heavy atom. The average molecular weight is 328 g/mol. The third-order valence-corrected chi connectivity index (χ3v) is 4.52. The Morgan fingerprint density at radius 1 is 1.50 bits per heavy atom. The predicted octanol–water partition coefficient (Wildman–Crippen LogP) is 3.81. The lowest BCUT2D eigenvalue weighted by Crippen LogP contribution is -2.29. The first kappa shape index (κ1) is 13.5. The van der Waals surface area contributed by atoms with Gasteiger partial charge in [0.05, 0.1) is 24.2 Å². The van der Waals surface area contributed by atoms with Gasteiger partial charge in [-0.1, -0.05) is 6.92 Å². The smallest absolute Gasteiger partial charge is 0.187 e. The Balaban J connectivity index is 1.98. The van der Waals surface area contributed by atoms with Gasteiger partial charge in [-0.2, -0.15) is 0 Å². The fourth-order valence-corrected chi connectivity index (χ4v) is 3.20. The van der Waals surface area contributed by atoms with Crippen molar-refractivity contribution in [1.82, 2.24) is 4.90 Å². The first-order valence-corrected chi connectivity index (χ1v) is 7.39. The van der Waals surface area contributed by atoms with Crippen LogP contribution < -0.4 is 0 Å². The quantitative estimate of drug-likeness (QED) is 0.756. The van der Waals surface area contributed by atoms with Crippen LogP contribution in [0.1, 0.15) is 22.4 Å². The van der Waals surface area contributed by atoms with E-state index in [0.717, 1.165) is 21.7 Å². The second-order valence-electron chi connectivity index (χ2n) is 3.90. The van der Waals surface area contributed by atoms with Crippen LogP contribution in [0.4, 0.5) is 0 Å². The highest BCUT2D eigenvalue weighted by Crippen LogP contribution is 2.23. The standard InChI is InChI=1S/C13H14BrNO2S/c1-2-15(8-10-4-3-6-17-10)9-12(16)13-11(14)5-7-18-13/h3-7H,2,8-9H2,1H3. The predicted molar refractivity (Wildman–Crippen MR) is 76.0 cm³/mol. The lowest BCUT2D eigenvalue weighted by molar-refractivity contribution is 0.0928. The minimum Gasteiger partial charge on any atom is -0.468 e. The van der Waals surface area contributed by atoms with E-state index in [1.54, 1.807) is 6.26 Å². The number of furan rings is 1. The summed E-state index contributed by atoms with van der Waals surface area (Å²) in [5.41, 5.74) is 0. The van der Waals surface area contributed by atoms with Crippen molar-refractivity contribution in [3.05, 3.63) is 45.0 Å². The topological polar surface area (TPSA) is 33.5 Å². The molecular formula is C13H14BrNO2S. The zero-order valence-corrected chi connectivity index (χ0v) is 12.5. The molecule has 2 rings (SSSR count). The van der Waals surface area contributed by atoms with Crippen molar-refractivity contribution >= 4 is 33.0 Å². The summed E-state index contributed by atoms with van der Waals surface area (Å²) in [6.45, 7) is 3.93. The SMILES string of the molecule is CCN(CC(=O)c1sccc1Br)Cc1ccco1. The Kier molecular flexibility index (Phi) is 4.74. The molecule has 0 N–H and O–H groups in total. The number of thiophene rings is 1.